The molecule has 0 saturated carbocycles. The van der Waals surface area contributed by atoms with Crippen molar-refractivity contribution in [3.8, 4) is 11.1 Å². The van der Waals surface area contributed by atoms with Crippen LogP contribution < -0.4 is 24.8 Å². The summed E-state index contributed by atoms with van der Waals surface area (Å²) in [6.45, 7) is 11.9. The van der Waals surface area contributed by atoms with E-state index < -0.39 is 22.8 Å². The molecule has 0 radical (unpaired) electrons. The maximum absolute atomic E-state index is 2.65. The van der Waals surface area contributed by atoms with E-state index in [1.165, 1.54) is 48.8 Å². The largest absolute Gasteiger partial charge is 1.00 e. The van der Waals surface area contributed by atoms with Crippen molar-refractivity contribution in [1.82, 2.24) is 0 Å². The van der Waals surface area contributed by atoms with Crippen molar-refractivity contribution in [1.29, 1.82) is 0 Å². The smallest absolute Gasteiger partial charge is 1.00 e. The fourth-order valence-corrected chi connectivity index (χ4v) is 12.3. The van der Waals surface area contributed by atoms with Crippen LogP contribution in [0.2, 0.25) is 0 Å². The third-order valence-electron chi connectivity index (χ3n) is 9.82. The molecular weight excluding hydrogens is 691 g/mol. The van der Waals surface area contributed by atoms with Gasteiger partial charge in [0.15, 0.2) is 0 Å². The molecule has 0 aromatic heterocycles. The Morgan fingerprint density at radius 2 is 1.28 bits per heavy atom. The zero-order valence-corrected chi connectivity index (χ0v) is 32.8. The summed E-state index contributed by atoms with van der Waals surface area (Å²) >= 11 is -1.23. The number of aryl methyl sites for hydroxylation is 2. The van der Waals surface area contributed by atoms with E-state index in [-0.39, 0.29) is 24.8 Å². The average Bonchev–Trinajstić information content (AvgIpc) is 3.72. The van der Waals surface area contributed by atoms with E-state index in [1.54, 1.807) is 58.9 Å². The predicted octanol–water partition coefficient (Wildman–Crippen LogP) is 5.44. The molecule has 47 heavy (non-hydrogen) atoms. The molecule has 0 heterocycles. The van der Waals surface area contributed by atoms with Crippen LogP contribution in [-0.2, 0) is 54.9 Å². The first-order chi connectivity index (χ1) is 22.1. The van der Waals surface area contributed by atoms with Gasteiger partial charge < -0.3 is 24.8 Å². The molecule has 0 nitrogen and oxygen atoms in total. The summed E-state index contributed by atoms with van der Waals surface area (Å²) in [6, 6.07) is 27.9. The molecule has 243 valence electrons. The Morgan fingerprint density at radius 1 is 0.660 bits per heavy atom. The molecule has 0 spiro atoms. The summed E-state index contributed by atoms with van der Waals surface area (Å²) in [5.41, 5.74) is 20.8. The summed E-state index contributed by atoms with van der Waals surface area (Å²) in [4.78, 5) is 0. The van der Waals surface area contributed by atoms with Gasteiger partial charge in [-0.2, -0.15) is 0 Å². The number of hydrogen-bond acceptors (Lipinski definition) is 0. The molecule has 0 fully saturated rings. The number of allylic oxidation sites excluding steroid dienone is 4. The number of fused-ring (bicyclic) bond motifs is 3. The Hall–Kier alpha value is -2.31. The Labute approximate surface area is 308 Å². The van der Waals surface area contributed by atoms with Gasteiger partial charge >= 0.3 is 285 Å². The third-order valence-corrected chi connectivity index (χ3v) is 14.1. The van der Waals surface area contributed by atoms with Crippen molar-refractivity contribution in [2.45, 2.75) is 96.0 Å². The maximum atomic E-state index is 2.65. The van der Waals surface area contributed by atoms with Crippen LogP contribution in [-0.4, -0.2) is 3.21 Å². The average molecular weight is 740 g/mol. The molecule has 3 heteroatoms. The Bertz CT molecular complexity index is 1720. The van der Waals surface area contributed by atoms with Crippen LogP contribution in [0.15, 0.2) is 91.0 Å². The summed E-state index contributed by atoms with van der Waals surface area (Å²) < 4.78 is 2.11. The molecule has 0 amide bonds. The fraction of sp³-hybridized carbons (Fsp3) is 0.341. The summed E-state index contributed by atoms with van der Waals surface area (Å²) in [5, 5.41) is 0. The zero-order valence-electron chi connectivity index (χ0n) is 28.9. The molecule has 0 N–H and O–H groups in total. The van der Waals surface area contributed by atoms with Crippen molar-refractivity contribution in [3.63, 3.8) is 0 Å². The number of hydrogen-bond donors (Lipinski definition) is 0. The quantitative estimate of drug-likeness (QED) is 0.182. The number of halogens is 2. The molecular formula is C44H49Cl2Zr. The van der Waals surface area contributed by atoms with Crippen LogP contribution >= 0.6 is 0 Å². The predicted molar refractivity (Wildman–Crippen MR) is 192 cm³/mol. The molecule has 2 aliphatic carbocycles. The van der Waals surface area contributed by atoms with Gasteiger partial charge in [-0.05, 0) is 0 Å². The number of rotatable bonds is 12. The molecule has 0 bridgehead atoms. The normalized spacial score (nSPS) is 14.1. The van der Waals surface area contributed by atoms with Crippen LogP contribution in [0.4, 0.5) is 0 Å². The fourth-order valence-electron chi connectivity index (χ4n) is 7.97. The SMILES string of the molecule is CCCc1cc(CC)cc2c1-c1c(CCC)c(CCC)c(CC)c(C3=CC=CC3)c1[CH]2[Zr+2]=[C](c1ccccc1)c1ccccc1.[Cl-].[Cl-]. The molecule has 0 aliphatic heterocycles. The number of benzene rings is 4. The van der Waals surface area contributed by atoms with Gasteiger partial charge in [-0.25, -0.2) is 0 Å². The van der Waals surface area contributed by atoms with Gasteiger partial charge in [0.05, 0.1) is 0 Å². The molecule has 2 aliphatic rings. The minimum atomic E-state index is -1.23. The van der Waals surface area contributed by atoms with E-state index in [4.69, 9.17) is 0 Å². The van der Waals surface area contributed by atoms with E-state index in [0.717, 1.165) is 25.7 Å². The van der Waals surface area contributed by atoms with Crippen LogP contribution in [0.3, 0.4) is 0 Å². The second-order valence-corrected chi connectivity index (χ2v) is 16.1. The van der Waals surface area contributed by atoms with Gasteiger partial charge in [-0.3, -0.25) is 0 Å². The molecule has 4 aromatic carbocycles. The van der Waals surface area contributed by atoms with Crippen LogP contribution in [0.5, 0.6) is 0 Å². The first kappa shape index (κ1) is 37.5. The molecule has 4 aromatic rings. The first-order valence-corrected chi connectivity index (χ1v) is 20.3. The second kappa shape index (κ2) is 17.4. The second-order valence-electron chi connectivity index (χ2n) is 12.8. The van der Waals surface area contributed by atoms with E-state index in [9.17, 15) is 0 Å². The minimum absolute atomic E-state index is 0. The molecule has 0 saturated heterocycles. The topological polar surface area (TPSA) is 0 Å². The Morgan fingerprint density at radius 3 is 1.81 bits per heavy atom. The molecule has 6 rings (SSSR count). The van der Waals surface area contributed by atoms with Crippen molar-refractivity contribution in [2.75, 3.05) is 0 Å². The van der Waals surface area contributed by atoms with Crippen LogP contribution in [0.1, 0.15) is 120 Å². The maximum Gasteiger partial charge on any atom is -1.00 e. The molecule has 1 atom stereocenters. The third kappa shape index (κ3) is 7.34. The summed E-state index contributed by atoms with van der Waals surface area (Å²) in [7, 11) is 0. The van der Waals surface area contributed by atoms with Gasteiger partial charge in [0, 0.05) is 0 Å². The van der Waals surface area contributed by atoms with E-state index >= 15 is 0 Å². The van der Waals surface area contributed by atoms with Crippen molar-refractivity contribution < 1.29 is 47.6 Å². The Balaban J connectivity index is 0.00000250. The van der Waals surface area contributed by atoms with E-state index in [2.05, 4.69) is 126 Å². The van der Waals surface area contributed by atoms with Gasteiger partial charge in [-0.1, -0.05) is 0 Å². The summed E-state index contributed by atoms with van der Waals surface area (Å²) in [6.07, 6.45) is 17.5. The van der Waals surface area contributed by atoms with Crippen molar-refractivity contribution in [3.05, 3.63) is 147 Å². The van der Waals surface area contributed by atoms with Gasteiger partial charge in [0.1, 0.15) is 0 Å². The van der Waals surface area contributed by atoms with Crippen LogP contribution in [0.25, 0.3) is 16.7 Å². The van der Waals surface area contributed by atoms with E-state index in [1.807, 2.05) is 0 Å². The van der Waals surface area contributed by atoms with Crippen molar-refractivity contribution >= 4 is 8.78 Å². The van der Waals surface area contributed by atoms with Crippen LogP contribution in [0, 0.1) is 0 Å². The standard InChI is InChI=1S/C31H39.C13H10.2ClH.Zr/c1-6-13-23-18-21(9-4)19-24-20-28-30(22-16-11-12-17-22)25(10-5)26(14-7-2)27(15-8-3)31(28)29(23)24;1-3-7-12(8-4-1)11-13-9-5-2-6-10-13;;;/h11-12,16,18-20H,6-10,13-15,17H2,1-5H3;1-10H;2*1H;/q;;;;+2/p-2. The molecule has 1 unspecified atom stereocenters. The van der Waals surface area contributed by atoms with Crippen molar-refractivity contribution in [2.24, 2.45) is 0 Å². The minimum Gasteiger partial charge on any atom is -1.00 e. The van der Waals surface area contributed by atoms with E-state index in [0.29, 0.717) is 3.63 Å². The summed E-state index contributed by atoms with van der Waals surface area (Å²) in [5.74, 6) is 0. The van der Waals surface area contributed by atoms with Gasteiger partial charge in [0.25, 0.3) is 0 Å². The van der Waals surface area contributed by atoms with Gasteiger partial charge in [0.2, 0.25) is 0 Å². The Kier molecular flexibility index (Phi) is 13.9. The zero-order chi connectivity index (χ0) is 31.3. The monoisotopic (exact) mass is 737 g/mol. The van der Waals surface area contributed by atoms with Gasteiger partial charge in [-0.15, -0.1) is 0 Å². The first-order valence-electron chi connectivity index (χ1n) is 17.6.